The standard InChI is InChI=1S/C27H38O/c1-17(2)23-9-21(10-24(15-23)18(3)4)13-27(28)14-22-11-25(19(5)6)16-26(12-22)20(7)8/h9-12,15-20H,13-14H2,1-8H3. The molecule has 0 heterocycles. The third kappa shape index (κ3) is 6.06. The highest BCUT2D eigenvalue weighted by atomic mass is 16.1. The van der Waals surface area contributed by atoms with Gasteiger partial charge in [0, 0.05) is 12.8 Å². The van der Waals surface area contributed by atoms with E-state index in [2.05, 4.69) is 91.8 Å². The molecule has 2 aromatic rings. The minimum atomic E-state index is 0.297. The summed E-state index contributed by atoms with van der Waals surface area (Å²) in [7, 11) is 0. The van der Waals surface area contributed by atoms with Crippen LogP contribution >= 0.6 is 0 Å². The van der Waals surface area contributed by atoms with Gasteiger partial charge in [-0.05, 0) is 57.1 Å². The van der Waals surface area contributed by atoms with Gasteiger partial charge >= 0.3 is 0 Å². The van der Waals surface area contributed by atoms with Crippen LogP contribution in [0.15, 0.2) is 36.4 Å². The first-order chi connectivity index (χ1) is 13.1. The summed E-state index contributed by atoms with van der Waals surface area (Å²) in [4.78, 5) is 12.9. The van der Waals surface area contributed by atoms with E-state index in [1.165, 1.54) is 22.3 Å². The summed E-state index contributed by atoms with van der Waals surface area (Å²) in [6.45, 7) is 17.7. The Hall–Kier alpha value is -1.89. The number of hydrogen-bond donors (Lipinski definition) is 0. The molecular weight excluding hydrogens is 340 g/mol. The average molecular weight is 379 g/mol. The van der Waals surface area contributed by atoms with Crippen molar-refractivity contribution in [1.29, 1.82) is 0 Å². The summed E-state index contributed by atoms with van der Waals surface area (Å²) < 4.78 is 0. The molecule has 0 aromatic heterocycles. The van der Waals surface area contributed by atoms with Crippen molar-refractivity contribution in [1.82, 2.24) is 0 Å². The van der Waals surface area contributed by atoms with Crippen molar-refractivity contribution in [2.75, 3.05) is 0 Å². The van der Waals surface area contributed by atoms with Crippen LogP contribution in [-0.2, 0) is 17.6 Å². The van der Waals surface area contributed by atoms with Gasteiger partial charge in [0.05, 0.1) is 0 Å². The Morgan fingerprint density at radius 1 is 0.536 bits per heavy atom. The minimum absolute atomic E-state index is 0.297. The van der Waals surface area contributed by atoms with Gasteiger partial charge in [-0.15, -0.1) is 0 Å². The smallest absolute Gasteiger partial charge is 0.141 e. The lowest BCUT2D eigenvalue weighted by atomic mass is 9.89. The van der Waals surface area contributed by atoms with Crippen LogP contribution in [0, 0.1) is 0 Å². The third-order valence-corrected chi connectivity index (χ3v) is 5.54. The van der Waals surface area contributed by atoms with E-state index in [9.17, 15) is 4.79 Å². The molecule has 2 aromatic carbocycles. The SMILES string of the molecule is CC(C)c1cc(CC(=O)Cc2cc(C(C)C)cc(C(C)C)c2)cc(C(C)C)c1. The Kier molecular flexibility index (Phi) is 7.63. The monoisotopic (exact) mass is 378 g/mol. The van der Waals surface area contributed by atoms with E-state index in [0.717, 1.165) is 11.1 Å². The zero-order valence-corrected chi connectivity index (χ0v) is 19.1. The van der Waals surface area contributed by atoms with Gasteiger partial charge in [-0.25, -0.2) is 0 Å². The highest BCUT2D eigenvalue weighted by Crippen LogP contribution is 2.26. The fourth-order valence-electron chi connectivity index (χ4n) is 3.55. The van der Waals surface area contributed by atoms with E-state index in [4.69, 9.17) is 0 Å². The second-order valence-electron chi connectivity index (χ2n) is 9.53. The van der Waals surface area contributed by atoms with Crippen molar-refractivity contribution >= 4 is 5.78 Å². The van der Waals surface area contributed by atoms with Gasteiger partial charge in [0.25, 0.3) is 0 Å². The molecule has 2 rings (SSSR count). The molecule has 152 valence electrons. The number of rotatable bonds is 8. The molecule has 0 atom stereocenters. The molecule has 0 spiro atoms. The van der Waals surface area contributed by atoms with Gasteiger partial charge in [0.1, 0.15) is 5.78 Å². The third-order valence-electron chi connectivity index (χ3n) is 5.54. The zero-order valence-electron chi connectivity index (χ0n) is 19.1. The maximum Gasteiger partial charge on any atom is 0.141 e. The molecule has 0 saturated heterocycles. The highest BCUT2D eigenvalue weighted by Gasteiger charge is 2.13. The Balaban J connectivity index is 2.25. The average Bonchev–Trinajstić information content (AvgIpc) is 2.60. The highest BCUT2D eigenvalue weighted by molar-refractivity contribution is 5.83. The molecular formula is C27H38O. The summed E-state index contributed by atoms with van der Waals surface area (Å²) in [5.74, 6) is 2.20. The Bertz CT molecular complexity index is 689. The quantitative estimate of drug-likeness (QED) is 0.464. The molecule has 0 bridgehead atoms. The van der Waals surface area contributed by atoms with Crippen molar-refractivity contribution in [2.24, 2.45) is 0 Å². The number of ketones is 1. The maximum absolute atomic E-state index is 12.9. The fraction of sp³-hybridized carbons (Fsp3) is 0.519. The molecule has 0 amide bonds. The molecule has 0 unspecified atom stereocenters. The largest absolute Gasteiger partial charge is 0.299 e. The van der Waals surface area contributed by atoms with Crippen LogP contribution in [0.1, 0.15) is 112 Å². The molecule has 1 nitrogen and oxygen atoms in total. The van der Waals surface area contributed by atoms with Crippen LogP contribution in [0.3, 0.4) is 0 Å². The van der Waals surface area contributed by atoms with E-state index < -0.39 is 0 Å². The van der Waals surface area contributed by atoms with E-state index in [1.807, 2.05) is 0 Å². The lowest BCUT2D eigenvalue weighted by Crippen LogP contribution is -2.09. The Labute approximate surface area is 172 Å². The molecule has 1 heteroatoms. The van der Waals surface area contributed by atoms with Gasteiger partial charge in [-0.3, -0.25) is 4.79 Å². The normalized spacial score (nSPS) is 11.9. The molecule has 0 aliphatic carbocycles. The van der Waals surface area contributed by atoms with E-state index >= 15 is 0 Å². The molecule has 0 aliphatic rings. The summed E-state index contributed by atoms with van der Waals surface area (Å²) >= 11 is 0. The van der Waals surface area contributed by atoms with E-state index in [1.54, 1.807) is 0 Å². The van der Waals surface area contributed by atoms with Crippen molar-refractivity contribution in [3.8, 4) is 0 Å². The first-order valence-corrected chi connectivity index (χ1v) is 10.9. The molecule has 0 radical (unpaired) electrons. The number of benzene rings is 2. The minimum Gasteiger partial charge on any atom is -0.299 e. The van der Waals surface area contributed by atoms with Gasteiger partial charge in [0.15, 0.2) is 0 Å². The lowest BCUT2D eigenvalue weighted by Gasteiger charge is -2.15. The van der Waals surface area contributed by atoms with E-state index in [0.29, 0.717) is 42.3 Å². The lowest BCUT2D eigenvalue weighted by molar-refractivity contribution is -0.117. The summed E-state index contributed by atoms with van der Waals surface area (Å²) in [6.07, 6.45) is 1.03. The first kappa shape index (κ1) is 22.4. The van der Waals surface area contributed by atoms with Crippen LogP contribution in [0.25, 0.3) is 0 Å². The Morgan fingerprint density at radius 2 is 0.786 bits per heavy atom. The second-order valence-corrected chi connectivity index (χ2v) is 9.53. The molecule has 0 N–H and O–H groups in total. The zero-order chi connectivity index (χ0) is 21.0. The first-order valence-electron chi connectivity index (χ1n) is 10.9. The number of Topliss-reactive ketones (excluding diaryl/α,β-unsaturated/α-hetero) is 1. The van der Waals surface area contributed by atoms with E-state index in [-0.39, 0.29) is 0 Å². The predicted molar refractivity (Wildman–Crippen MR) is 122 cm³/mol. The second kappa shape index (κ2) is 9.54. The fourth-order valence-corrected chi connectivity index (χ4v) is 3.55. The van der Waals surface area contributed by atoms with Crippen LogP contribution in [-0.4, -0.2) is 5.78 Å². The number of carbonyl (C=O) groups excluding carboxylic acids is 1. The Morgan fingerprint density at radius 3 is 1.00 bits per heavy atom. The van der Waals surface area contributed by atoms with Crippen LogP contribution in [0.2, 0.25) is 0 Å². The summed E-state index contributed by atoms with van der Waals surface area (Å²) in [6, 6.07) is 13.5. The molecule has 28 heavy (non-hydrogen) atoms. The summed E-state index contributed by atoms with van der Waals surface area (Å²) in [5.41, 5.74) is 7.64. The van der Waals surface area contributed by atoms with Crippen molar-refractivity contribution in [3.63, 3.8) is 0 Å². The van der Waals surface area contributed by atoms with Crippen molar-refractivity contribution in [2.45, 2.75) is 91.9 Å². The molecule has 0 fully saturated rings. The number of hydrogen-bond acceptors (Lipinski definition) is 1. The van der Waals surface area contributed by atoms with Gasteiger partial charge in [-0.1, -0.05) is 91.8 Å². The molecule has 0 aliphatic heterocycles. The summed E-state index contributed by atoms with van der Waals surface area (Å²) in [5, 5.41) is 0. The van der Waals surface area contributed by atoms with Gasteiger partial charge < -0.3 is 0 Å². The van der Waals surface area contributed by atoms with Crippen LogP contribution < -0.4 is 0 Å². The topological polar surface area (TPSA) is 17.1 Å². The number of carbonyl (C=O) groups is 1. The molecule has 0 saturated carbocycles. The van der Waals surface area contributed by atoms with Crippen molar-refractivity contribution in [3.05, 3.63) is 69.8 Å². The van der Waals surface area contributed by atoms with Gasteiger partial charge in [0.2, 0.25) is 0 Å². The van der Waals surface area contributed by atoms with Gasteiger partial charge in [-0.2, -0.15) is 0 Å². The maximum atomic E-state index is 12.9. The van der Waals surface area contributed by atoms with Crippen LogP contribution in [0.5, 0.6) is 0 Å². The van der Waals surface area contributed by atoms with Crippen LogP contribution in [0.4, 0.5) is 0 Å². The predicted octanol–water partition coefficient (Wildman–Crippen LogP) is 7.53. The van der Waals surface area contributed by atoms with Crippen molar-refractivity contribution < 1.29 is 4.79 Å².